The molecule has 0 atom stereocenters. The molecule has 70 valence electrons. The van der Waals surface area contributed by atoms with E-state index in [1.807, 2.05) is 32.0 Å². The maximum absolute atomic E-state index is 5.96. The SMILES string of the molecule is CN=C(C)Nc1cccc(Cl)c1C. The lowest BCUT2D eigenvalue weighted by Gasteiger charge is -2.09. The first-order valence-electron chi connectivity index (χ1n) is 4.10. The number of anilines is 1. The van der Waals surface area contributed by atoms with Gasteiger partial charge in [0, 0.05) is 17.8 Å². The van der Waals surface area contributed by atoms with Crippen LogP contribution >= 0.6 is 11.6 Å². The van der Waals surface area contributed by atoms with E-state index in [-0.39, 0.29) is 0 Å². The Balaban J connectivity index is 2.96. The van der Waals surface area contributed by atoms with Crippen LogP contribution in [0.4, 0.5) is 5.69 Å². The highest BCUT2D eigenvalue weighted by Crippen LogP contribution is 2.22. The summed E-state index contributed by atoms with van der Waals surface area (Å²) in [5.41, 5.74) is 2.06. The van der Waals surface area contributed by atoms with Crippen molar-refractivity contribution in [3.8, 4) is 0 Å². The summed E-state index contributed by atoms with van der Waals surface area (Å²) in [6.45, 7) is 3.90. The Morgan fingerprint density at radius 3 is 2.77 bits per heavy atom. The van der Waals surface area contributed by atoms with Crippen molar-refractivity contribution < 1.29 is 0 Å². The van der Waals surface area contributed by atoms with Crippen LogP contribution < -0.4 is 5.32 Å². The van der Waals surface area contributed by atoms with E-state index in [1.165, 1.54) is 0 Å². The molecule has 0 aliphatic heterocycles. The third-order valence-electron chi connectivity index (χ3n) is 1.92. The van der Waals surface area contributed by atoms with Crippen molar-refractivity contribution in [1.82, 2.24) is 0 Å². The molecule has 0 saturated heterocycles. The number of benzene rings is 1. The first-order valence-corrected chi connectivity index (χ1v) is 4.48. The lowest BCUT2D eigenvalue weighted by atomic mass is 10.2. The Hall–Kier alpha value is -1.02. The van der Waals surface area contributed by atoms with Crippen LogP contribution in [0.5, 0.6) is 0 Å². The van der Waals surface area contributed by atoms with Crippen LogP contribution in [0, 0.1) is 6.92 Å². The van der Waals surface area contributed by atoms with Crippen LogP contribution in [0.1, 0.15) is 12.5 Å². The maximum Gasteiger partial charge on any atom is 0.0972 e. The van der Waals surface area contributed by atoms with Gasteiger partial charge < -0.3 is 5.32 Å². The molecule has 0 bridgehead atoms. The lowest BCUT2D eigenvalue weighted by molar-refractivity contribution is 1.38. The largest absolute Gasteiger partial charge is 0.344 e. The van der Waals surface area contributed by atoms with Gasteiger partial charge >= 0.3 is 0 Å². The van der Waals surface area contributed by atoms with Crippen molar-refractivity contribution in [2.75, 3.05) is 12.4 Å². The topological polar surface area (TPSA) is 24.4 Å². The molecule has 3 heteroatoms. The molecule has 1 rings (SSSR count). The zero-order chi connectivity index (χ0) is 9.84. The van der Waals surface area contributed by atoms with Crippen LogP contribution in [0.15, 0.2) is 23.2 Å². The Morgan fingerprint density at radius 2 is 2.15 bits per heavy atom. The smallest absolute Gasteiger partial charge is 0.0972 e. The minimum absolute atomic E-state index is 0.772. The summed E-state index contributed by atoms with van der Waals surface area (Å²) in [7, 11) is 1.75. The fraction of sp³-hybridized carbons (Fsp3) is 0.300. The van der Waals surface area contributed by atoms with E-state index in [4.69, 9.17) is 11.6 Å². The Labute approximate surface area is 83.6 Å². The van der Waals surface area contributed by atoms with Crippen molar-refractivity contribution in [2.24, 2.45) is 4.99 Å². The fourth-order valence-electron chi connectivity index (χ4n) is 0.994. The van der Waals surface area contributed by atoms with Gasteiger partial charge in [0.05, 0.1) is 5.84 Å². The summed E-state index contributed by atoms with van der Waals surface area (Å²) in [6.07, 6.45) is 0. The number of aliphatic imine (C=N–C) groups is 1. The van der Waals surface area contributed by atoms with Crippen molar-refractivity contribution in [1.29, 1.82) is 0 Å². The molecule has 0 saturated carbocycles. The Bertz CT molecular complexity index is 332. The maximum atomic E-state index is 5.96. The molecule has 2 nitrogen and oxygen atoms in total. The monoisotopic (exact) mass is 196 g/mol. The third-order valence-corrected chi connectivity index (χ3v) is 2.33. The van der Waals surface area contributed by atoms with E-state index in [9.17, 15) is 0 Å². The standard InChI is InChI=1S/C10H13ClN2/c1-7-9(11)5-4-6-10(7)13-8(2)12-3/h4-6H,1-3H3,(H,12,13). The second-order valence-corrected chi connectivity index (χ2v) is 3.25. The van der Waals surface area contributed by atoms with Crippen LogP contribution in [-0.2, 0) is 0 Å². The highest BCUT2D eigenvalue weighted by atomic mass is 35.5. The summed E-state index contributed by atoms with van der Waals surface area (Å²) in [5.74, 6) is 0.880. The number of amidine groups is 1. The molecule has 0 fully saturated rings. The highest BCUT2D eigenvalue weighted by Gasteiger charge is 2.01. The second-order valence-electron chi connectivity index (χ2n) is 2.85. The average Bonchev–Trinajstić information content (AvgIpc) is 2.13. The first kappa shape index (κ1) is 10.1. The number of rotatable bonds is 1. The Kier molecular flexibility index (Phi) is 3.32. The number of nitrogens with one attached hydrogen (secondary N) is 1. The molecule has 13 heavy (non-hydrogen) atoms. The minimum atomic E-state index is 0.772. The van der Waals surface area contributed by atoms with Crippen LogP contribution in [0.3, 0.4) is 0 Å². The molecule has 1 N–H and O–H groups in total. The van der Waals surface area contributed by atoms with Gasteiger partial charge in [-0.3, -0.25) is 4.99 Å². The zero-order valence-electron chi connectivity index (χ0n) is 8.06. The van der Waals surface area contributed by atoms with Crippen LogP contribution in [0.2, 0.25) is 5.02 Å². The molecule has 0 aromatic heterocycles. The number of hydrogen-bond donors (Lipinski definition) is 1. The normalized spacial score (nSPS) is 11.5. The van der Waals surface area contributed by atoms with Gasteiger partial charge in [-0.05, 0) is 31.5 Å². The predicted octanol–water partition coefficient (Wildman–Crippen LogP) is 3.11. The summed E-state index contributed by atoms with van der Waals surface area (Å²) >= 11 is 5.96. The summed E-state index contributed by atoms with van der Waals surface area (Å²) in [6, 6.07) is 5.77. The minimum Gasteiger partial charge on any atom is -0.344 e. The van der Waals surface area contributed by atoms with Gasteiger partial charge in [0.1, 0.15) is 0 Å². The van der Waals surface area contributed by atoms with Gasteiger partial charge in [0.2, 0.25) is 0 Å². The molecule has 0 unspecified atom stereocenters. The third kappa shape index (κ3) is 2.46. The number of hydrogen-bond acceptors (Lipinski definition) is 1. The van der Waals surface area contributed by atoms with Crippen LogP contribution in [0.25, 0.3) is 0 Å². The van der Waals surface area contributed by atoms with E-state index < -0.39 is 0 Å². The quantitative estimate of drug-likeness (QED) is 0.542. The highest BCUT2D eigenvalue weighted by molar-refractivity contribution is 6.31. The lowest BCUT2D eigenvalue weighted by Crippen LogP contribution is -2.07. The van der Waals surface area contributed by atoms with E-state index in [0.29, 0.717) is 0 Å². The molecule has 0 amide bonds. The molecule has 1 aromatic carbocycles. The molecule has 0 aliphatic carbocycles. The fourth-order valence-corrected chi connectivity index (χ4v) is 1.17. The predicted molar refractivity (Wildman–Crippen MR) is 58.8 cm³/mol. The van der Waals surface area contributed by atoms with Crippen molar-refractivity contribution in [3.63, 3.8) is 0 Å². The van der Waals surface area contributed by atoms with Crippen molar-refractivity contribution in [3.05, 3.63) is 28.8 Å². The van der Waals surface area contributed by atoms with Gasteiger partial charge in [-0.15, -0.1) is 0 Å². The summed E-state index contributed by atoms with van der Waals surface area (Å²) in [5, 5.41) is 3.94. The van der Waals surface area contributed by atoms with Crippen LogP contribution in [-0.4, -0.2) is 12.9 Å². The van der Waals surface area contributed by atoms with Gasteiger partial charge in [-0.1, -0.05) is 17.7 Å². The van der Waals surface area contributed by atoms with E-state index in [2.05, 4.69) is 10.3 Å². The molecular weight excluding hydrogens is 184 g/mol. The second kappa shape index (κ2) is 4.28. The summed E-state index contributed by atoms with van der Waals surface area (Å²) in [4.78, 5) is 4.02. The Morgan fingerprint density at radius 1 is 1.46 bits per heavy atom. The van der Waals surface area contributed by atoms with Gasteiger partial charge in [-0.2, -0.15) is 0 Å². The van der Waals surface area contributed by atoms with Gasteiger partial charge in [0.15, 0.2) is 0 Å². The van der Waals surface area contributed by atoms with Gasteiger partial charge in [-0.25, -0.2) is 0 Å². The average molecular weight is 197 g/mol. The molecule has 0 spiro atoms. The van der Waals surface area contributed by atoms with E-state index >= 15 is 0 Å². The molecule has 0 aliphatic rings. The first-order chi connectivity index (χ1) is 6.15. The summed E-state index contributed by atoms with van der Waals surface area (Å²) < 4.78 is 0. The van der Waals surface area contributed by atoms with E-state index in [1.54, 1.807) is 7.05 Å². The molecule has 0 radical (unpaired) electrons. The molecular formula is C10H13ClN2. The van der Waals surface area contributed by atoms with E-state index in [0.717, 1.165) is 22.1 Å². The van der Waals surface area contributed by atoms with Crippen molar-refractivity contribution in [2.45, 2.75) is 13.8 Å². The molecule has 0 heterocycles. The van der Waals surface area contributed by atoms with Crippen molar-refractivity contribution >= 4 is 23.1 Å². The number of nitrogens with zero attached hydrogens (tertiary/aromatic N) is 1. The zero-order valence-corrected chi connectivity index (χ0v) is 8.81. The molecule has 1 aromatic rings. The number of halogens is 1. The van der Waals surface area contributed by atoms with Gasteiger partial charge in [0.25, 0.3) is 0 Å².